The number of halogens is 3. The van der Waals surface area contributed by atoms with Crippen LogP contribution < -0.4 is 5.63 Å². The van der Waals surface area contributed by atoms with Crippen LogP contribution in [0.2, 0.25) is 0 Å². The number of carbonyl (C=O) groups excluding carboxylic acids is 1. The monoisotopic (exact) mass is 324 g/mol. The molecule has 0 saturated heterocycles. The second kappa shape index (κ2) is 6.12. The van der Waals surface area contributed by atoms with Crippen LogP contribution in [-0.4, -0.2) is 10.9 Å². The number of allylic oxidation sites excluding steroid dienone is 1. The summed E-state index contributed by atoms with van der Waals surface area (Å²) in [5, 5.41) is 9.63. The molecule has 0 unspecified atom stereocenters. The van der Waals surface area contributed by atoms with E-state index in [2.05, 4.69) is 0 Å². The Balaban J connectivity index is 2.31. The molecule has 0 spiro atoms. The van der Waals surface area contributed by atoms with Gasteiger partial charge in [-0.05, 0) is 30.7 Å². The molecule has 7 heteroatoms. The third-order valence-electron chi connectivity index (χ3n) is 2.94. The number of benzene rings is 1. The van der Waals surface area contributed by atoms with Crippen molar-refractivity contribution >= 4 is 11.9 Å². The van der Waals surface area contributed by atoms with Crippen LogP contribution in [0.25, 0.3) is 6.08 Å². The molecule has 0 amide bonds. The van der Waals surface area contributed by atoms with Gasteiger partial charge in [0.05, 0.1) is 5.56 Å². The van der Waals surface area contributed by atoms with E-state index in [0.29, 0.717) is 0 Å². The lowest BCUT2D eigenvalue weighted by Gasteiger charge is -2.06. The zero-order valence-electron chi connectivity index (χ0n) is 11.8. The van der Waals surface area contributed by atoms with E-state index >= 15 is 0 Å². The van der Waals surface area contributed by atoms with Crippen LogP contribution in [0.1, 0.15) is 27.2 Å². The molecule has 1 aromatic heterocycles. The number of ketones is 1. The summed E-state index contributed by atoms with van der Waals surface area (Å²) in [6.45, 7) is 1.42. The molecule has 0 radical (unpaired) electrons. The van der Waals surface area contributed by atoms with Crippen molar-refractivity contribution in [3.8, 4) is 5.75 Å². The lowest BCUT2D eigenvalue weighted by atomic mass is 10.1. The third-order valence-corrected chi connectivity index (χ3v) is 2.94. The molecule has 0 bridgehead atoms. The Labute approximate surface area is 128 Å². The number of aryl methyl sites for hydroxylation is 1. The fourth-order valence-electron chi connectivity index (χ4n) is 1.90. The molecule has 4 nitrogen and oxygen atoms in total. The molecule has 0 atom stereocenters. The first-order valence-electron chi connectivity index (χ1n) is 6.42. The van der Waals surface area contributed by atoms with Crippen molar-refractivity contribution in [2.45, 2.75) is 13.1 Å². The van der Waals surface area contributed by atoms with E-state index in [9.17, 15) is 27.9 Å². The van der Waals surface area contributed by atoms with E-state index < -0.39 is 34.5 Å². The Kier molecular flexibility index (Phi) is 4.40. The van der Waals surface area contributed by atoms with Crippen molar-refractivity contribution in [1.82, 2.24) is 0 Å². The van der Waals surface area contributed by atoms with Gasteiger partial charge < -0.3 is 9.52 Å². The lowest BCUT2D eigenvalue weighted by molar-refractivity contribution is -0.137. The Morgan fingerprint density at radius 1 is 1.26 bits per heavy atom. The first-order chi connectivity index (χ1) is 10.7. The average molecular weight is 324 g/mol. The summed E-state index contributed by atoms with van der Waals surface area (Å²) in [6, 6.07) is 5.44. The zero-order chi connectivity index (χ0) is 17.2. The molecule has 0 saturated carbocycles. The van der Waals surface area contributed by atoms with Gasteiger partial charge in [0.25, 0.3) is 0 Å². The van der Waals surface area contributed by atoms with Gasteiger partial charge in [-0.15, -0.1) is 0 Å². The highest BCUT2D eigenvalue weighted by molar-refractivity contribution is 6.08. The second-order valence-corrected chi connectivity index (χ2v) is 4.73. The van der Waals surface area contributed by atoms with E-state index in [1.165, 1.54) is 19.1 Å². The minimum Gasteiger partial charge on any atom is -0.507 e. The predicted molar refractivity (Wildman–Crippen MR) is 76.2 cm³/mol. The van der Waals surface area contributed by atoms with Gasteiger partial charge in [0, 0.05) is 6.07 Å². The van der Waals surface area contributed by atoms with E-state index in [1.807, 2.05) is 0 Å². The van der Waals surface area contributed by atoms with E-state index in [4.69, 9.17) is 4.42 Å². The van der Waals surface area contributed by atoms with Gasteiger partial charge in [0.2, 0.25) is 0 Å². The molecule has 1 heterocycles. The van der Waals surface area contributed by atoms with Gasteiger partial charge in [0.15, 0.2) is 5.78 Å². The maximum Gasteiger partial charge on any atom is 0.416 e. The van der Waals surface area contributed by atoms with E-state index in [1.54, 1.807) is 0 Å². The molecule has 1 aromatic carbocycles. The molecule has 2 aromatic rings. The van der Waals surface area contributed by atoms with Gasteiger partial charge in [0.1, 0.15) is 17.1 Å². The minimum absolute atomic E-state index is 0.129. The quantitative estimate of drug-likeness (QED) is 0.692. The molecule has 1 N–H and O–H groups in total. The van der Waals surface area contributed by atoms with Gasteiger partial charge in [-0.3, -0.25) is 4.79 Å². The van der Waals surface area contributed by atoms with Crippen LogP contribution in [0.5, 0.6) is 5.75 Å². The van der Waals surface area contributed by atoms with Crippen LogP contribution in [0.3, 0.4) is 0 Å². The van der Waals surface area contributed by atoms with Crippen LogP contribution in [-0.2, 0) is 6.18 Å². The number of hydrogen-bond donors (Lipinski definition) is 1. The van der Waals surface area contributed by atoms with Crippen LogP contribution >= 0.6 is 0 Å². The lowest BCUT2D eigenvalue weighted by Crippen LogP contribution is -2.13. The number of hydrogen-bond acceptors (Lipinski definition) is 4. The molecule has 0 fully saturated rings. The Morgan fingerprint density at radius 2 is 1.96 bits per heavy atom. The molecular weight excluding hydrogens is 313 g/mol. The van der Waals surface area contributed by atoms with Crippen LogP contribution in [0.15, 0.2) is 45.6 Å². The maximum atomic E-state index is 12.6. The largest absolute Gasteiger partial charge is 0.507 e. The summed E-state index contributed by atoms with van der Waals surface area (Å²) in [7, 11) is 0. The van der Waals surface area contributed by atoms with E-state index in [-0.39, 0.29) is 11.3 Å². The number of alkyl halides is 3. The predicted octanol–water partition coefficient (Wildman–Crippen LogP) is 3.57. The second-order valence-electron chi connectivity index (χ2n) is 4.73. The SMILES string of the molecule is Cc1cc(O)c(C(=O)/C=C/c2cccc(C(F)(F)F)c2)c(=O)o1. The number of carbonyl (C=O) groups is 1. The first-order valence-corrected chi connectivity index (χ1v) is 6.42. The highest BCUT2D eigenvalue weighted by Crippen LogP contribution is 2.29. The van der Waals surface area contributed by atoms with Gasteiger partial charge in [-0.25, -0.2) is 4.79 Å². The summed E-state index contributed by atoms with van der Waals surface area (Å²) < 4.78 is 42.5. The molecule has 23 heavy (non-hydrogen) atoms. The molecule has 0 aliphatic rings. The summed E-state index contributed by atoms with van der Waals surface area (Å²) in [6.07, 6.45) is -2.47. The van der Waals surface area contributed by atoms with Gasteiger partial charge in [-0.2, -0.15) is 13.2 Å². The zero-order valence-corrected chi connectivity index (χ0v) is 11.8. The Bertz CT molecular complexity index is 832. The summed E-state index contributed by atoms with van der Waals surface area (Å²) in [5.41, 5.74) is -2.31. The number of rotatable bonds is 3. The highest BCUT2D eigenvalue weighted by Gasteiger charge is 2.30. The first kappa shape index (κ1) is 16.5. The summed E-state index contributed by atoms with van der Waals surface area (Å²) >= 11 is 0. The molecule has 0 aliphatic heterocycles. The smallest absolute Gasteiger partial charge is 0.416 e. The Hall–Kier alpha value is -2.83. The van der Waals surface area contributed by atoms with Crippen molar-refractivity contribution in [3.05, 3.63) is 69.3 Å². The van der Waals surface area contributed by atoms with Crippen molar-refractivity contribution in [2.24, 2.45) is 0 Å². The summed E-state index contributed by atoms with van der Waals surface area (Å²) in [4.78, 5) is 23.5. The molecular formula is C16H11F3O4. The third kappa shape index (κ3) is 3.88. The van der Waals surface area contributed by atoms with Crippen molar-refractivity contribution in [1.29, 1.82) is 0 Å². The van der Waals surface area contributed by atoms with Crippen molar-refractivity contribution in [2.75, 3.05) is 0 Å². The maximum absolute atomic E-state index is 12.6. The average Bonchev–Trinajstić information content (AvgIpc) is 2.43. The summed E-state index contributed by atoms with van der Waals surface area (Å²) in [5.74, 6) is -1.28. The minimum atomic E-state index is -4.50. The van der Waals surface area contributed by atoms with Crippen LogP contribution in [0, 0.1) is 6.92 Å². The van der Waals surface area contributed by atoms with Gasteiger partial charge >= 0.3 is 11.8 Å². The Morgan fingerprint density at radius 3 is 2.57 bits per heavy atom. The van der Waals surface area contributed by atoms with Gasteiger partial charge in [-0.1, -0.05) is 18.2 Å². The van der Waals surface area contributed by atoms with E-state index in [0.717, 1.165) is 30.4 Å². The van der Waals surface area contributed by atoms with Crippen molar-refractivity contribution in [3.63, 3.8) is 0 Å². The van der Waals surface area contributed by atoms with Crippen molar-refractivity contribution < 1.29 is 27.5 Å². The molecule has 2 rings (SSSR count). The van der Waals surface area contributed by atoms with Crippen LogP contribution in [0.4, 0.5) is 13.2 Å². The fraction of sp³-hybridized carbons (Fsp3) is 0.125. The molecule has 120 valence electrons. The number of aromatic hydroxyl groups is 1. The normalized spacial score (nSPS) is 11.8. The highest BCUT2D eigenvalue weighted by atomic mass is 19.4. The topological polar surface area (TPSA) is 67.5 Å². The fourth-order valence-corrected chi connectivity index (χ4v) is 1.90. The standard InChI is InChI=1S/C16H11F3O4/c1-9-7-13(21)14(15(22)23-9)12(20)6-5-10-3-2-4-11(8-10)16(17,18)19/h2-8,21H,1H3/b6-5+. The molecule has 0 aliphatic carbocycles.